The van der Waals surface area contributed by atoms with Crippen LogP contribution in [0.25, 0.3) is 21.6 Å². The molecule has 0 amide bonds. The van der Waals surface area contributed by atoms with E-state index in [2.05, 4.69) is 17.1 Å². The number of hydrogen-bond acceptors (Lipinski definition) is 7. The first-order valence-corrected chi connectivity index (χ1v) is 10.5. The van der Waals surface area contributed by atoms with Crippen LogP contribution in [0.1, 0.15) is 32.2 Å². The highest BCUT2D eigenvalue weighted by Crippen LogP contribution is 2.27. The van der Waals surface area contributed by atoms with Crippen molar-refractivity contribution in [3.63, 3.8) is 0 Å². The van der Waals surface area contributed by atoms with Gasteiger partial charge >= 0.3 is 0 Å². The van der Waals surface area contributed by atoms with Gasteiger partial charge in [-0.3, -0.25) is 9.36 Å². The van der Waals surface area contributed by atoms with E-state index in [1.54, 1.807) is 15.9 Å². The molecule has 0 saturated carbocycles. The molecule has 27 heavy (non-hydrogen) atoms. The molecular formula is C19H18N4O2S2. The van der Waals surface area contributed by atoms with Crippen LogP contribution in [0.15, 0.2) is 56.3 Å². The molecule has 3 heterocycles. The van der Waals surface area contributed by atoms with Gasteiger partial charge in [0.25, 0.3) is 5.56 Å². The number of rotatable bonds is 6. The number of nitrogens with zero attached hydrogens (tertiary/aromatic N) is 4. The van der Waals surface area contributed by atoms with Crippen LogP contribution in [0, 0.1) is 0 Å². The molecule has 0 N–H and O–H groups in total. The molecule has 0 aliphatic carbocycles. The van der Waals surface area contributed by atoms with Crippen molar-refractivity contribution in [1.29, 1.82) is 0 Å². The topological polar surface area (TPSA) is 73.8 Å². The van der Waals surface area contributed by atoms with Crippen LogP contribution in [0.2, 0.25) is 0 Å². The Labute approximate surface area is 164 Å². The maximum absolute atomic E-state index is 13.0. The van der Waals surface area contributed by atoms with Crippen molar-refractivity contribution < 1.29 is 4.52 Å². The van der Waals surface area contributed by atoms with Gasteiger partial charge in [0.15, 0.2) is 5.16 Å². The molecule has 8 heteroatoms. The highest BCUT2D eigenvalue weighted by atomic mass is 32.2. The van der Waals surface area contributed by atoms with Crippen LogP contribution < -0.4 is 5.56 Å². The Morgan fingerprint density at radius 1 is 1.22 bits per heavy atom. The van der Waals surface area contributed by atoms with Crippen LogP contribution in [0.3, 0.4) is 0 Å². The summed E-state index contributed by atoms with van der Waals surface area (Å²) in [5.41, 5.74) is 0.691. The molecule has 4 rings (SSSR count). The predicted molar refractivity (Wildman–Crippen MR) is 108 cm³/mol. The van der Waals surface area contributed by atoms with Crippen molar-refractivity contribution in [2.24, 2.45) is 0 Å². The van der Waals surface area contributed by atoms with Crippen LogP contribution >= 0.6 is 23.1 Å². The summed E-state index contributed by atoms with van der Waals surface area (Å²) in [4.78, 5) is 23.1. The minimum Gasteiger partial charge on any atom is -0.338 e. The largest absolute Gasteiger partial charge is 0.338 e. The van der Waals surface area contributed by atoms with Gasteiger partial charge in [0.1, 0.15) is 0 Å². The van der Waals surface area contributed by atoms with Gasteiger partial charge < -0.3 is 4.52 Å². The minimum absolute atomic E-state index is 0.0118. The molecule has 1 unspecified atom stereocenters. The third kappa shape index (κ3) is 3.54. The second-order valence-corrected chi connectivity index (χ2v) is 8.01. The zero-order valence-corrected chi connectivity index (χ0v) is 16.6. The lowest BCUT2D eigenvalue weighted by molar-refractivity contribution is 0.391. The van der Waals surface area contributed by atoms with E-state index in [0.717, 1.165) is 11.3 Å². The Morgan fingerprint density at radius 2 is 2.07 bits per heavy atom. The van der Waals surface area contributed by atoms with Crippen LogP contribution in [0.4, 0.5) is 0 Å². The minimum atomic E-state index is -0.0118. The molecule has 0 aliphatic heterocycles. The molecule has 0 saturated heterocycles. The number of thiophene rings is 1. The summed E-state index contributed by atoms with van der Waals surface area (Å²) in [7, 11) is 0. The predicted octanol–water partition coefficient (Wildman–Crippen LogP) is 4.77. The van der Waals surface area contributed by atoms with Gasteiger partial charge in [-0.05, 0) is 36.9 Å². The Morgan fingerprint density at radius 3 is 2.85 bits per heavy atom. The normalized spacial score (nSPS) is 12.5. The van der Waals surface area contributed by atoms with Crippen molar-refractivity contribution >= 4 is 34.0 Å². The van der Waals surface area contributed by atoms with Gasteiger partial charge in [0.05, 0.1) is 21.5 Å². The second-order valence-electron chi connectivity index (χ2n) is 6.12. The third-order valence-corrected chi connectivity index (χ3v) is 6.14. The first kappa shape index (κ1) is 17.9. The van der Waals surface area contributed by atoms with Crippen molar-refractivity contribution in [2.75, 3.05) is 0 Å². The average Bonchev–Trinajstić information content (AvgIpc) is 3.37. The highest BCUT2D eigenvalue weighted by molar-refractivity contribution is 7.98. The standard InChI is InChI=1S/C19H18N4O2S2/c1-3-12(2)23-18(24)13-7-4-5-8-14(13)20-19(23)27-11-16-21-17(22-25-16)15-9-6-10-26-15/h4-10,12H,3,11H2,1-2H3. The summed E-state index contributed by atoms with van der Waals surface area (Å²) in [6.07, 6.45) is 0.844. The third-order valence-electron chi connectivity index (χ3n) is 4.34. The van der Waals surface area contributed by atoms with Crippen molar-refractivity contribution in [2.45, 2.75) is 37.2 Å². The number of thioether (sulfide) groups is 1. The number of para-hydroxylation sites is 1. The van der Waals surface area contributed by atoms with Crippen molar-refractivity contribution in [1.82, 2.24) is 19.7 Å². The maximum atomic E-state index is 13.0. The summed E-state index contributed by atoms with van der Waals surface area (Å²) in [5.74, 6) is 1.56. The van der Waals surface area contributed by atoms with Gasteiger partial charge in [-0.1, -0.05) is 42.0 Å². The van der Waals surface area contributed by atoms with Gasteiger partial charge in [-0.2, -0.15) is 4.98 Å². The maximum Gasteiger partial charge on any atom is 0.262 e. The Kier molecular flexibility index (Phi) is 5.09. The van der Waals surface area contributed by atoms with Crippen molar-refractivity contribution in [3.8, 4) is 10.7 Å². The fourth-order valence-corrected chi connectivity index (χ4v) is 4.33. The zero-order valence-electron chi connectivity index (χ0n) is 15.0. The smallest absolute Gasteiger partial charge is 0.262 e. The van der Waals surface area contributed by atoms with E-state index in [-0.39, 0.29) is 11.6 Å². The van der Waals surface area contributed by atoms with E-state index in [9.17, 15) is 4.79 Å². The Hall–Kier alpha value is -2.45. The highest BCUT2D eigenvalue weighted by Gasteiger charge is 2.17. The van der Waals surface area contributed by atoms with Crippen LogP contribution in [0.5, 0.6) is 0 Å². The van der Waals surface area contributed by atoms with Gasteiger partial charge in [0.2, 0.25) is 11.7 Å². The van der Waals surface area contributed by atoms with E-state index < -0.39 is 0 Å². The monoisotopic (exact) mass is 398 g/mol. The molecule has 0 aliphatic rings. The molecule has 0 radical (unpaired) electrons. The molecule has 0 fully saturated rings. The summed E-state index contributed by atoms with van der Waals surface area (Å²) < 4.78 is 7.13. The lowest BCUT2D eigenvalue weighted by Gasteiger charge is -2.17. The van der Waals surface area contributed by atoms with Gasteiger partial charge in [0, 0.05) is 6.04 Å². The molecule has 6 nitrogen and oxygen atoms in total. The molecule has 3 aromatic heterocycles. The molecule has 0 bridgehead atoms. The SMILES string of the molecule is CCC(C)n1c(SCc2nc(-c3cccs3)no2)nc2ccccc2c1=O. The molecule has 1 aromatic carbocycles. The van der Waals surface area contributed by atoms with E-state index >= 15 is 0 Å². The first-order valence-electron chi connectivity index (χ1n) is 8.68. The number of hydrogen-bond donors (Lipinski definition) is 0. The van der Waals surface area contributed by atoms with Gasteiger partial charge in [-0.25, -0.2) is 4.98 Å². The quantitative estimate of drug-likeness (QED) is 0.344. The second kappa shape index (κ2) is 7.66. The van der Waals surface area contributed by atoms with Crippen molar-refractivity contribution in [3.05, 3.63) is 58.0 Å². The van der Waals surface area contributed by atoms with E-state index in [1.165, 1.54) is 11.8 Å². The molecule has 1 atom stereocenters. The summed E-state index contributed by atoms with van der Waals surface area (Å²) in [6.45, 7) is 4.09. The fourth-order valence-electron chi connectivity index (χ4n) is 2.74. The number of fused-ring (bicyclic) bond motifs is 1. The molecule has 4 aromatic rings. The molecular weight excluding hydrogens is 380 g/mol. The summed E-state index contributed by atoms with van der Waals surface area (Å²) >= 11 is 3.01. The Bertz CT molecular complexity index is 1120. The van der Waals surface area contributed by atoms with E-state index in [0.29, 0.717) is 33.5 Å². The molecule has 0 spiro atoms. The average molecular weight is 399 g/mol. The lowest BCUT2D eigenvalue weighted by atomic mass is 10.2. The summed E-state index contributed by atoms with van der Waals surface area (Å²) in [5, 5.41) is 7.32. The number of aromatic nitrogens is 4. The number of benzene rings is 1. The zero-order chi connectivity index (χ0) is 18.8. The lowest BCUT2D eigenvalue weighted by Crippen LogP contribution is -2.26. The van der Waals surface area contributed by atoms with E-state index in [4.69, 9.17) is 9.51 Å². The van der Waals surface area contributed by atoms with Crippen LogP contribution in [-0.4, -0.2) is 19.7 Å². The van der Waals surface area contributed by atoms with Crippen LogP contribution in [-0.2, 0) is 5.75 Å². The Balaban J connectivity index is 1.66. The first-order chi connectivity index (χ1) is 13.2. The molecule has 138 valence electrons. The van der Waals surface area contributed by atoms with E-state index in [1.807, 2.05) is 48.7 Å². The summed E-state index contributed by atoms with van der Waals surface area (Å²) in [6, 6.07) is 11.4. The van der Waals surface area contributed by atoms with Gasteiger partial charge in [-0.15, -0.1) is 11.3 Å². The fraction of sp³-hybridized carbons (Fsp3) is 0.263.